The van der Waals surface area contributed by atoms with Crippen molar-refractivity contribution >= 4 is 24.1 Å². The SMILES string of the molecule is C=C(C(=O)O)C(OC(N)=O)C(COc1ccccc1)c1ccc(C)c(C(COc2ccccc2)C(OC(N)=O)C(=C)C(=O)O)c1. The first kappa shape index (κ1) is 33.7. The van der Waals surface area contributed by atoms with Crippen molar-refractivity contribution in [3.05, 3.63) is 120 Å². The molecule has 0 aliphatic rings. The van der Waals surface area contributed by atoms with E-state index in [2.05, 4.69) is 13.2 Å². The van der Waals surface area contributed by atoms with Gasteiger partial charge in [-0.3, -0.25) is 0 Å². The molecule has 236 valence electrons. The summed E-state index contributed by atoms with van der Waals surface area (Å²) in [6.07, 6.45) is -5.41. The second kappa shape index (κ2) is 15.6. The molecule has 45 heavy (non-hydrogen) atoms. The average Bonchev–Trinajstić information content (AvgIpc) is 3.01. The van der Waals surface area contributed by atoms with Gasteiger partial charge in [-0.2, -0.15) is 0 Å². The number of ether oxygens (including phenoxy) is 4. The number of hydrogen-bond donors (Lipinski definition) is 4. The summed E-state index contributed by atoms with van der Waals surface area (Å²) in [5.74, 6) is -3.90. The topological polar surface area (TPSA) is 198 Å². The van der Waals surface area contributed by atoms with Crippen LogP contribution in [0.5, 0.6) is 11.5 Å². The second-order valence-electron chi connectivity index (χ2n) is 9.95. The third-order valence-corrected chi connectivity index (χ3v) is 6.93. The minimum absolute atomic E-state index is 0.188. The molecule has 3 aromatic rings. The van der Waals surface area contributed by atoms with E-state index in [-0.39, 0.29) is 13.2 Å². The Hall–Kier alpha value is -5.78. The van der Waals surface area contributed by atoms with E-state index >= 15 is 0 Å². The van der Waals surface area contributed by atoms with Crippen LogP contribution in [0.25, 0.3) is 0 Å². The van der Waals surface area contributed by atoms with Gasteiger partial charge in [0.15, 0.2) is 0 Å². The summed E-state index contributed by atoms with van der Waals surface area (Å²) in [6, 6.07) is 22.3. The molecule has 0 fully saturated rings. The Morgan fingerprint density at radius 3 is 1.53 bits per heavy atom. The van der Waals surface area contributed by atoms with Gasteiger partial charge < -0.3 is 40.6 Å². The number of aliphatic carboxylic acids is 2. The van der Waals surface area contributed by atoms with Gasteiger partial charge in [0.05, 0.1) is 36.2 Å². The van der Waals surface area contributed by atoms with Crippen molar-refractivity contribution in [3.8, 4) is 11.5 Å². The zero-order valence-electron chi connectivity index (χ0n) is 24.5. The second-order valence-corrected chi connectivity index (χ2v) is 9.95. The van der Waals surface area contributed by atoms with Crippen molar-refractivity contribution in [2.24, 2.45) is 11.5 Å². The van der Waals surface area contributed by atoms with Gasteiger partial charge in [0, 0.05) is 0 Å². The standard InChI is InChI=1S/C33H34N2O10/c1-19-14-15-22(26(17-42-23-10-6-4-7-11-23)28(44-32(34)40)20(2)30(36)37)16-25(19)27(18-43-24-12-8-5-9-13-24)29(45-33(35)41)21(3)31(38)39/h4-16,26-29H,2-3,17-18H2,1H3,(H2,34,40)(H2,35,41)(H,36,37)(H,38,39). The van der Waals surface area contributed by atoms with Crippen molar-refractivity contribution < 1.29 is 48.3 Å². The van der Waals surface area contributed by atoms with Crippen molar-refractivity contribution in [1.82, 2.24) is 0 Å². The fourth-order valence-corrected chi connectivity index (χ4v) is 4.68. The van der Waals surface area contributed by atoms with E-state index in [1.807, 2.05) is 0 Å². The lowest BCUT2D eigenvalue weighted by molar-refractivity contribution is -0.135. The lowest BCUT2D eigenvalue weighted by Crippen LogP contribution is -2.36. The van der Waals surface area contributed by atoms with E-state index in [0.717, 1.165) is 0 Å². The van der Waals surface area contributed by atoms with Gasteiger partial charge in [-0.15, -0.1) is 0 Å². The number of nitrogens with two attached hydrogens (primary N) is 2. The van der Waals surface area contributed by atoms with Gasteiger partial charge in [0.1, 0.15) is 23.7 Å². The summed E-state index contributed by atoms with van der Waals surface area (Å²) >= 11 is 0. The molecule has 3 aromatic carbocycles. The molecule has 2 amide bonds. The van der Waals surface area contributed by atoms with Crippen LogP contribution in [-0.2, 0) is 19.1 Å². The largest absolute Gasteiger partial charge is 0.493 e. The molecule has 0 saturated heterocycles. The number of para-hydroxylation sites is 2. The number of aryl methyl sites for hydroxylation is 1. The maximum Gasteiger partial charge on any atom is 0.405 e. The Bertz CT molecular complexity index is 1540. The molecule has 0 saturated carbocycles. The molecule has 4 atom stereocenters. The highest BCUT2D eigenvalue weighted by atomic mass is 16.6. The van der Waals surface area contributed by atoms with Gasteiger partial charge in [-0.25, -0.2) is 19.2 Å². The summed E-state index contributed by atoms with van der Waals surface area (Å²) in [5.41, 5.74) is 11.2. The van der Waals surface area contributed by atoms with Crippen molar-refractivity contribution in [2.45, 2.75) is 31.0 Å². The molecule has 6 N–H and O–H groups in total. The number of carboxylic acids is 2. The molecule has 3 rings (SSSR count). The van der Waals surface area contributed by atoms with E-state index in [0.29, 0.717) is 28.2 Å². The monoisotopic (exact) mass is 618 g/mol. The minimum Gasteiger partial charge on any atom is -0.493 e. The van der Waals surface area contributed by atoms with E-state index in [4.69, 9.17) is 30.4 Å². The number of hydrogen-bond acceptors (Lipinski definition) is 8. The molecule has 0 bridgehead atoms. The molecule has 0 radical (unpaired) electrons. The van der Waals surface area contributed by atoms with Gasteiger partial charge in [-0.1, -0.05) is 67.8 Å². The van der Waals surface area contributed by atoms with Crippen molar-refractivity contribution in [1.29, 1.82) is 0 Å². The Kier molecular flexibility index (Phi) is 11.7. The lowest BCUT2D eigenvalue weighted by atomic mass is 9.82. The Morgan fingerprint density at radius 1 is 0.689 bits per heavy atom. The van der Waals surface area contributed by atoms with Gasteiger partial charge in [-0.05, 0) is 47.9 Å². The van der Waals surface area contributed by atoms with Crippen LogP contribution >= 0.6 is 0 Å². The van der Waals surface area contributed by atoms with E-state index in [1.165, 1.54) is 0 Å². The van der Waals surface area contributed by atoms with E-state index in [9.17, 15) is 29.4 Å². The molecule has 0 spiro atoms. The first-order valence-electron chi connectivity index (χ1n) is 13.6. The molecular formula is C33H34N2O10. The molecular weight excluding hydrogens is 584 g/mol. The number of rotatable bonds is 16. The molecule has 0 heterocycles. The van der Waals surface area contributed by atoms with Crippen LogP contribution in [0.3, 0.4) is 0 Å². The predicted molar refractivity (Wildman–Crippen MR) is 163 cm³/mol. The Balaban J connectivity index is 2.18. The Labute approximate surface area is 259 Å². The first-order chi connectivity index (χ1) is 21.4. The van der Waals surface area contributed by atoms with Gasteiger partial charge >= 0.3 is 24.1 Å². The molecule has 0 aromatic heterocycles. The van der Waals surface area contributed by atoms with Crippen LogP contribution in [0.2, 0.25) is 0 Å². The van der Waals surface area contributed by atoms with Crippen LogP contribution in [-0.4, -0.2) is 59.8 Å². The normalized spacial score (nSPS) is 13.3. The molecule has 4 unspecified atom stereocenters. The van der Waals surface area contributed by atoms with Gasteiger partial charge in [0.25, 0.3) is 0 Å². The summed E-state index contributed by atoms with van der Waals surface area (Å²) in [7, 11) is 0. The maximum absolute atomic E-state index is 12.0. The third-order valence-electron chi connectivity index (χ3n) is 6.93. The number of carboxylic acid groups (broad SMARTS) is 2. The smallest absolute Gasteiger partial charge is 0.405 e. The minimum atomic E-state index is -1.47. The molecule has 0 aliphatic carbocycles. The fraction of sp³-hybridized carbons (Fsp3) is 0.212. The number of benzene rings is 3. The van der Waals surface area contributed by atoms with Crippen LogP contribution in [0.4, 0.5) is 9.59 Å². The summed E-state index contributed by atoms with van der Waals surface area (Å²) in [5, 5.41) is 19.6. The quantitative estimate of drug-likeness (QED) is 0.165. The molecule has 12 nitrogen and oxygen atoms in total. The highest BCUT2D eigenvalue weighted by Gasteiger charge is 2.37. The van der Waals surface area contributed by atoms with Crippen LogP contribution in [0.15, 0.2) is 103 Å². The van der Waals surface area contributed by atoms with Crippen molar-refractivity contribution in [2.75, 3.05) is 13.2 Å². The predicted octanol–water partition coefficient (Wildman–Crippen LogP) is 4.53. The fourth-order valence-electron chi connectivity index (χ4n) is 4.68. The zero-order valence-corrected chi connectivity index (χ0v) is 24.5. The number of carbonyl (C=O) groups is 4. The molecule has 0 aliphatic heterocycles. The summed E-state index contributed by atoms with van der Waals surface area (Å²) in [4.78, 5) is 47.9. The highest BCUT2D eigenvalue weighted by molar-refractivity contribution is 5.88. The van der Waals surface area contributed by atoms with Crippen LogP contribution < -0.4 is 20.9 Å². The zero-order chi connectivity index (χ0) is 33.1. The molecule has 12 heteroatoms. The van der Waals surface area contributed by atoms with Gasteiger partial charge in [0.2, 0.25) is 0 Å². The van der Waals surface area contributed by atoms with Crippen molar-refractivity contribution in [3.63, 3.8) is 0 Å². The lowest BCUT2D eigenvalue weighted by Gasteiger charge is -2.31. The average molecular weight is 619 g/mol. The van der Waals surface area contributed by atoms with E-state index < -0.39 is 59.3 Å². The third kappa shape index (κ3) is 9.35. The number of carbonyl (C=O) groups excluding carboxylic acids is 2. The number of amides is 2. The van der Waals surface area contributed by atoms with E-state index in [1.54, 1.807) is 85.8 Å². The Morgan fingerprint density at radius 2 is 1.11 bits per heavy atom. The number of primary amides is 2. The highest BCUT2D eigenvalue weighted by Crippen LogP contribution is 2.35. The summed E-state index contributed by atoms with van der Waals surface area (Å²) in [6.45, 7) is 8.56. The maximum atomic E-state index is 12.0. The van der Waals surface area contributed by atoms with Crippen LogP contribution in [0, 0.1) is 6.92 Å². The summed E-state index contributed by atoms with van der Waals surface area (Å²) < 4.78 is 22.5. The van der Waals surface area contributed by atoms with Crippen LogP contribution in [0.1, 0.15) is 28.5 Å². The first-order valence-corrected chi connectivity index (χ1v) is 13.6.